The number of non-ortho nitro benzene ring substituents is 1. The molecule has 2 rings (SSSR count). The van der Waals surface area contributed by atoms with Crippen LogP contribution in [0.3, 0.4) is 0 Å². The van der Waals surface area contributed by atoms with E-state index in [1.807, 2.05) is 0 Å². The highest BCUT2D eigenvalue weighted by molar-refractivity contribution is 5.96. The molecule has 2 aromatic rings. The first-order valence-electron chi connectivity index (χ1n) is 5.55. The average molecular weight is 257 g/mol. The standard InChI is InChI=1S/C13H11N3O3/c14-13-6-1-2-7-15(13)9-12(17)10-4-3-5-11(8-10)16(18)19/h1-8,14H,9H2. The van der Waals surface area contributed by atoms with Crippen LogP contribution in [0, 0.1) is 15.5 Å². The molecule has 0 fully saturated rings. The van der Waals surface area contributed by atoms with Gasteiger partial charge in [-0.1, -0.05) is 18.2 Å². The molecule has 0 radical (unpaired) electrons. The van der Waals surface area contributed by atoms with Crippen molar-refractivity contribution in [3.63, 3.8) is 0 Å². The summed E-state index contributed by atoms with van der Waals surface area (Å²) in [6.45, 7) is -0.0131. The third kappa shape index (κ3) is 2.92. The summed E-state index contributed by atoms with van der Waals surface area (Å²) in [4.78, 5) is 22.1. The Morgan fingerprint density at radius 1 is 1.26 bits per heavy atom. The Kier molecular flexibility index (Phi) is 3.51. The van der Waals surface area contributed by atoms with Crippen LogP contribution in [-0.2, 0) is 6.54 Å². The van der Waals surface area contributed by atoms with Crippen LogP contribution >= 0.6 is 0 Å². The summed E-state index contributed by atoms with van der Waals surface area (Å²) in [6.07, 6.45) is 1.62. The zero-order valence-corrected chi connectivity index (χ0v) is 9.95. The highest BCUT2D eigenvalue weighted by Crippen LogP contribution is 2.13. The van der Waals surface area contributed by atoms with Crippen LogP contribution in [0.2, 0.25) is 0 Å². The van der Waals surface area contributed by atoms with E-state index in [9.17, 15) is 14.9 Å². The number of carbonyl (C=O) groups is 1. The van der Waals surface area contributed by atoms with Gasteiger partial charge in [-0.2, -0.15) is 0 Å². The van der Waals surface area contributed by atoms with Crippen LogP contribution in [0.4, 0.5) is 5.69 Å². The van der Waals surface area contributed by atoms with Gasteiger partial charge < -0.3 is 4.57 Å². The molecular weight excluding hydrogens is 246 g/mol. The molecule has 1 aromatic heterocycles. The molecule has 0 unspecified atom stereocenters. The number of benzene rings is 1. The highest BCUT2D eigenvalue weighted by Gasteiger charge is 2.11. The quantitative estimate of drug-likeness (QED) is 0.514. The maximum atomic E-state index is 12.0. The number of hydrogen-bond acceptors (Lipinski definition) is 4. The predicted octanol–water partition coefficient (Wildman–Crippen LogP) is 1.76. The van der Waals surface area contributed by atoms with Crippen molar-refractivity contribution in [2.75, 3.05) is 0 Å². The van der Waals surface area contributed by atoms with Crippen molar-refractivity contribution in [1.82, 2.24) is 4.57 Å². The Morgan fingerprint density at radius 2 is 2.05 bits per heavy atom. The maximum Gasteiger partial charge on any atom is 0.270 e. The fourth-order valence-corrected chi connectivity index (χ4v) is 1.65. The maximum absolute atomic E-state index is 12.0. The largest absolute Gasteiger partial charge is 0.326 e. The number of nitrogens with zero attached hydrogens (tertiary/aromatic N) is 2. The lowest BCUT2D eigenvalue weighted by molar-refractivity contribution is -0.384. The summed E-state index contributed by atoms with van der Waals surface area (Å²) >= 11 is 0. The van der Waals surface area contributed by atoms with Gasteiger partial charge in [0.05, 0.1) is 11.5 Å². The molecule has 0 spiro atoms. The van der Waals surface area contributed by atoms with E-state index in [2.05, 4.69) is 0 Å². The van der Waals surface area contributed by atoms with Gasteiger partial charge in [0.2, 0.25) is 0 Å². The van der Waals surface area contributed by atoms with Crippen molar-refractivity contribution < 1.29 is 9.72 Å². The number of nitro groups is 1. The molecule has 1 heterocycles. The van der Waals surface area contributed by atoms with Gasteiger partial charge in [0, 0.05) is 23.9 Å². The third-order valence-electron chi connectivity index (χ3n) is 2.63. The van der Waals surface area contributed by atoms with Crippen molar-refractivity contribution >= 4 is 11.5 Å². The zero-order chi connectivity index (χ0) is 13.8. The number of aromatic nitrogens is 1. The van der Waals surface area contributed by atoms with Gasteiger partial charge >= 0.3 is 0 Å². The second-order valence-electron chi connectivity index (χ2n) is 3.94. The molecule has 6 nitrogen and oxygen atoms in total. The second-order valence-corrected chi connectivity index (χ2v) is 3.94. The smallest absolute Gasteiger partial charge is 0.270 e. The molecule has 0 saturated heterocycles. The van der Waals surface area contributed by atoms with Gasteiger partial charge in [-0.05, 0) is 12.1 Å². The number of ketones is 1. The molecule has 0 saturated carbocycles. The summed E-state index contributed by atoms with van der Waals surface area (Å²) in [5.41, 5.74) is 0.362. The van der Waals surface area contributed by atoms with Crippen molar-refractivity contribution in [2.24, 2.45) is 0 Å². The first-order chi connectivity index (χ1) is 9.08. The number of nitrogens with one attached hydrogen (secondary N) is 1. The lowest BCUT2D eigenvalue weighted by Gasteiger charge is -2.05. The molecule has 0 atom stereocenters. The zero-order valence-electron chi connectivity index (χ0n) is 9.95. The lowest BCUT2D eigenvalue weighted by Crippen LogP contribution is -2.22. The molecule has 0 aliphatic rings. The number of pyridine rings is 1. The van der Waals surface area contributed by atoms with Crippen LogP contribution < -0.4 is 5.49 Å². The Labute approximate surface area is 108 Å². The molecule has 0 aliphatic heterocycles. The van der Waals surface area contributed by atoms with Crippen LogP contribution in [-0.4, -0.2) is 15.3 Å². The van der Waals surface area contributed by atoms with Crippen LogP contribution in [0.25, 0.3) is 0 Å². The van der Waals surface area contributed by atoms with Crippen LogP contribution in [0.1, 0.15) is 10.4 Å². The summed E-state index contributed by atoms with van der Waals surface area (Å²) in [5.74, 6) is -0.270. The predicted molar refractivity (Wildman–Crippen MR) is 67.7 cm³/mol. The molecule has 0 bridgehead atoms. The fraction of sp³-hybridized carbons (Fsp3) is 0.0769. The van der Waals surface area contributed by atoms with E-state index in [0.29, 0.717) is 0 Å². The minimum Gasteiger partial charge on any atom is -0.326 e. The number of Topliss-reactive ketones (excluding diaryl/α,β-unsaturated/α-hetero) is 1. The van der Waals surface area contributed by atoms with Crippen molar-refractivity contribution in [1.29, 1.82) is 5.41 Å². The van der Waals surface area contributed by atoms with E-state index in [1.165, 1.54) is 28.8 Å². The van der Waals surface area contributed by atoms with E-state index in [4.69, 9.17) is 5.41 Å². The van der Waals surface area contributed by atoms with Gasteiger partial charge in [0.1, 0.15) is 5.49 Å². The topological polar surface area (TPSA) is 89.0 Å². The number of nitro benzene ring substituents is 1. The highest BCUT2D eigenvalue weighted by atomic mass is 16.6. The normalized spacial score (nSPS) is 10.1. The Balaban J connectivity index is 2.26. The van der Waals surface area contributed by atoms with Gasteiger partial charge in [-0.15, -0.1) is 0 Å². The van der Waals surface area contributed by atoms with Crippen LogP contribution in [0.15, 0.2) is 48.7 Å². The van der Waals surface area contributed by atoms with Crippen LogP contribution in [0.5, 0.6) is 0 Å². The van der Waals surface area contributed by atoms with Crippen molar-refractivity contribution in [2.45, 2.75) is 6.54 Å². The Hall–Kier alpha value is -2.76. The molecule has 0 aliphatic carbocycles. The minimum atomic E-state index is -0.539. The molecule has 1 N–H and O–H groups in total. The van der Waals surface area contributed by atoms with Gasteiger partial charge in [-0.25, -0.2) is 0 Å². The minimum absolute atomic E-state index is 0.0131. The SMILES string of the molecule is N=c1ccccn1CC(=O)c1cccc([N+](=O)[O-])c1. The molecule has 96 valence electrons. The molecule has 6 heteroatoms. The summed E-state index contributed by atoms with van der Waals surface area (Å²) < 4.78 is 1.47. The molecule has 0 amide bonds. The Bertz CT molecular complexity index is 691. The van der Waals surface area contributed by atoms with E-state index in [1.54, 1.807) is 24.4 Å². The van der Waals surface area contributed by atoms with Gasteiger partial charge in [0.25, 0.3) is 5.69 Å². The first-order valence-corrected chi connectivity index (χ1v) is 5.55. The summed E-state index contributed by atoms with van der Waals surface area (Å²) in [6, 6.07) is 10.6. The summed E-state index contributed by atoms with van der Waals surface area (Å²) in [5, 5.41) is 18.3. The summed E-state index contributed by atoms with van der Waals surface area (Å²) in [7, 11) is 0. The van der Waals surface area contributed by atoms with E-state index in [-0.39, 0.29) is 29.1 Å². The Morgan fingerprint density at radius 3 is 2.74 bits per heavy atom. The second kappa shape index (κ2) is 5.26. The molecular formula is C13H11N3O3. The van der Waals surface area contributed by atoms with Crippen molar-refractivity contribution in [3.05, 3.63) is 69.8 Å². The van der Waals surface area contributed by atoms with E-state index in [0.717, 1.165) is 0 Å². The molecule has 19 heavy (non-hydrogen) atoms. The average Bonchev–Trinajstić information content (AvgIpc) is 2.41. The fourth-order valence-electron chi connectivity index (χ4n) is 1.65. The van der Waals surface area contributed by atoms with Gasteiger partial charge in [0.15, 0.2) is 5.78 Å². The molecule has 1 aromatic carbocycles. The van der Waals surface area contributed by atoms with E-state index < -0.39 is 4.92 Å². The van der Waals surface area contributed by atoms with Crippen molar-refractivity contribution in [3.8, 4) is 0 Å². The van der Waals surface area contributed by atoms with Gasteiger partial charge in [-0.3, -0.25) is 20.3 Å². The third-order valence-corrected chi connectivity index (χ3v) is 2.63. The first kappa shape index (κ1) is 12.7. The monoisotopic (exact) mass is 257 g/mol. The number of rotatable bonds is 4. The van der Waals surface area contributed by atoms with E-state index >= 15 is 0 Å². The number of carbonyl (C=O) groups excluding carboxylic acids is 1. The lowest BCUT2D eigenvalue weighted by atomic mass is 10.1. The number of hydrogen-bond donors (Lipinski definition) is 1.